The minimum Gasteiger partial charge on any atom is -0.374 e. The first-order chi connectivity index (χ1) is 8.40. The maximum Gasteiger partial charge on any atom is 0.176 e. The van der Waals surface area contributed by atoms with Crippen LogP contribution < -0.4 is 0 Å². The molecule has 3 atom stereocenters. The van der Waals surface area contributed by atoms with Gasteiger partial charge in [0.05, 0.1) is 25.4 Å². The van der Waals surface area contributed by atoms with Crippen LogP contribution in [-0.2, 0) is 14.2 Å². The first kappa shape index (κ1) is 12.9. The molecule has 1 aliphatic carbocycles. The zero-order valence-electron chi connectivity index (χ0n) is 12.1. The zero-order chi connectivity index (χ0) is 13.0. The number of hydrogen-bond donors (Lipinski definition) is 0. The fourth-order valence-electron chi connectivity index (χ4n) is 4.37. The Bertz CT molecular complexity index is 333. The maximum absolute atomic E-state index is 6.34. The molecule has 3 fully saturated rings. The molecule has 3 rings (SSSR count). The van der Waals surface area contributed by atoms with Crippen LogP contribution >= 0.6 is 0 Å². The molecular formula is C15H26O3. The van der Waals surface area contributed by atoms with Crippen molar-refractivity contribution in [3.63, 3.8) is 0 Å². The van der Waals surface area contributed by atoms with E-state index in [0.717, 1.165) is 26.1 Å². The highest BCUT2D eigenvalue weighted by Crippen LogP contribution is 2.59. The molecule has 18 heavy (non-hydrogen) atoms. The van der Waals surface area contributed by atoms with Crippen molar-refractivity contribution in [3.8, 4) is 0 Å². The SMILES string of the molecule is C[C@@H]1CC[C@@]2(C)CCC3(OCCO3)C(C)(C)[C@@H]2O1. The lowest BCUT2D eigenvalue weighted by Gasteiger charge is -2.60. The second-order valence-electron chi connectivity index (χ2n) is 7.19. The average molecular weight is 254 g/mol. The number of fused-ring (bicyclic) bond motifs is 1. The van der Waals surface area contributed by atoms with Gasteiger partial charge in [-0.3, -0.25) is 0 Å². The van der Waals surface area contributed by atoms with E-state index in [-0.39, 0.29) is 16.9 Å². The molecular weight excluding hydrogens is 228 g/mol. The quantitative estimate of drug-likeness (QED) is 0.664. The Balaban J connectivity index is 1.94. The normalized spacial score (nSPS) is 46.0. The van der Waals surface area contributed by atoms with Gasteiger partial charge in [0.2, 0.25) is 0 Å². The van der Waals surface area contributed by atoms with Crippen LogP contribution in [-0.4, -0.2) is 31.2 Å². The van der Waals surface area contributed by atoms with Gasteiger partial charge in [0.15, 0.2) is 5.79 Å². The van der Waals surface area contributed by atoms with Crippen LogP contribution in [0.25, 0.3) is 0 Å². The largest absolute Gasteiger partial charge is 0.374 e. The molecule has 0 unspecified atom stereocenters. The lowest BCUT2D eigenvalue weighted by Crippen LogP contribution is -2.64. The lowest BCUT2D eigenvalue weighted by atomic mass is 9.56. The predicted molar refractivity (Wildman–Crippen MR) is 69.3 cm³/mol. The van der Waals surface area contributed by atoms with Gasteiger partial charge in [-0.25, -0.2) is 0 Å². The van der Waals surface area contributed by atoms with Gasteiger partial charge in [0.25, 0.3) is 0 Å². The van der Waals surface area contributed by atoms with Crippen LogP contribution in [0.1, 0.15) is 53.4 Å². The summed E-state index contributed by atoms with van der Waals surface area (Å²) >= 11 is 0. The fourth-order valence-corrected chi connectivity index (χ4v) is 4.37. The highest BCUT2D eigenvalue weighted by atomic mass is 16.7. The van der Waals surface area contributed by atoms with E-state index in [9.17, 15) is 0 Å². The van der Waals surface area contributed by atoms with Crippen molar-refractivity contribution in [2.45, 2.75) is 71.4 Å². The Morgan fingerprint density at radius 1 is 0.944 bits per heavy atom. The van der Waals surface area contributed by atoms with E-state index in [1.165, 1.54) is 12.8 Å². The van der Waals surface area contributed by atoms with E-state index in [2.05, 4.69) is 27.7 Å². The molecule has 1 saturated carbocycles. The van der Waals surface area contributed by atoms with Crippen molar-refractivity contribution in [1.82, 2.24) is 0 Å². The van der Waals surface area contributed by atoms with Gasteiger partial charge in [-0.15, -0.1) is 0 Å². The molecule has 3 nitrogen and oxygen atoms in total. The van der Waals surface area contributed by atoms with E-state index in [0.29, 0.717) is 6.10 Å². The first-order valence-corrected chi connectivity index (χ1v) is 7.33. The molecule has 3 aliphatic rings. The summed E-state index contributed by atoms with van der Waals surface area (Å²) in [5, 5.41) is 0. The zero-order valence-corrected chi connectivity index (χ0v) is 12.1. The van der Waals surface area contributed by atoms with Crippen molar-refractivity contribution in [2.24, 2.45) is 10.8 Å². The van der Waals surface area contributed by atoms with Gasteiger partial charge in [0, 0.05) is 11.8 Å². The molecule has 0 aromatic carbocycles. The average Bonchev–Trinajstić information content (AvgIpc) is 2.79. The summed E-state index contributed by atoms with van der Waals surface area (Å²) in [6.07, 6.45) is 5.19. The van der Waals surface area contributed by atoms with Crippen LogP contribution in [0.2, 0.25) is 0 Å². The summed E-state index contributed by atoms with van der Waals surface area (Å²) in [5.74, 6) is -0.408. The number of rotatable bonds is 0. The topological polar surface area (TPSA) is 27.7 Å². The van der Waals surface area contributed by atoms with Crippen LogP contribution in [0.5, 0.6) is 0 Å². The van der Waals surface area contributed by atoms with Gasteiger partial charge in [-0.2, -0.15) is 0 Å². The minimum atomic E-state index is -0.408. The van der Waals surface area contributed by atoms with Crippen molar-refractivity contribution >= 4 is 0 Å². The summed E-state index contributed by atoms with van der Waals surface area (Å²) in [7, 11) is 0. The van der Waals surface area contributed by atoms with Crippen LogP contribution in [0.4, 0.5) is 0 Å². The molecule has 0 aromatic heterocycles. The Morgan fingerprint density at radius 2 is 1.61 bits per heavy atom. The molecule has 2 aliphatic heterocycles. The van der Waals surface area contributed by atoms with Crippen molar-refractivity contribution < 1.29 is 14.2 Å². The maximum atomic E-state index is 6.34. The molecule has 104 valence electrons. The Labute approximate surface area is 110 Å². The predicted octanol–water partition coefficient (Wildman–Crippen LogP) is 3.12. The molecule has 0 bridgehead atoms. The molecule has 0 radical (unpaired) electrons. The third kappa shape index (κ3) is 1.60. The highest BCUT2D eigenvalue weighted by molar-refractivity contribution is 5.08. The van der Waals surface area contributed by atoms with Gasteiger partial charge in [-0.1, -0.05) is 20.8 Å². The van der Waals surface area contributed by atoms with Gasteiger partial charge >= 0.3 is 0 Å². The summed E-state index contributed by atoms with van der Waals surface area (Å²) in [6.45, 7) is 10.5. The molecule has 1 spiro atoms. The summed E-state index contributed by atoms with van der Waals surface area (Å²) in [4.78, 5) is 0. The van der Waals surface area contributed by atoms with E-state index in [4.69, 9.17) is 14.2 Å². The van der Waals surface area contributed by atoms with Crippen LogP contribution in [0.3, 0.4) is 0 Å². The third-order valence-electron chi connectivity index (χ3n) is 5.54. The lowest BCUT2D eigenvalue weighted by molar-refractivity contribution is -0.319. The smallest absolute Gasteiger partial charge is 0.176 e. The Hall–Kier alpha value is -0.120. The van der Waals surface area contributed by atoms with Crippen molar-refractivity contribution in [2.75, 3.05) is 13.2 Å². The van der Waals surface area contributed by atoms with Crippen molar-refractivity contribution in [1.29, 1.82) is 0 Å². The van der Waals surface area contributed by atoms with Gasteiger partial charge < -0.3 is 14.2 Å². The highest BCUT2D eigenvalue weighted by Gasteiger charge is 2.63. The third-order valence-corrected chi connectivity index (χ3v) is 5.54. The van der Waals surface area contributed by atoms with E-state index < -0.39 is 5.79 Å². The van der Waals surface area contributed by atoms with E-state index >= 15 is 0 Å². The molecule has 2 saturated heterocycles. The van der Waals surface area contributed by atoms with Crippen LogP contribution in [0, 0.1) is 10.8 Å². The standard InChI is InChI=1S/C15H26O3/c1-11-5-6-14(4)7-8-15(16-9-10-17-15)13(2,3)12(14)18-11/h11-12H,5-10H2,1-4H3/t11-,12+,14+/m1/s1. The number of ether oxygens (including phenoxy) is 3. The fraction of sp³-hybridized carbons (Fsp3) is 1.00. The molecule has 0 aromatic rings. The van der Waals surface area contributed by atoms with Gasteiger partial charge in [-0.05, 0) is 31.6 Å². The Kier molecular flexibility index (Phi) is 2.82. The van der Waals surface area contributed by atoms with Gasteiger partial charge in [0.1, 0.15) is 0 Å². The first-order valence-electron chi connectivity index (χ1n) is 7.33. The summed E-state index contributed by atoms with van der Waals surface area (Å²) < 4.78 is 18.4. The van der Waals surface area contributed by atoms with E-state index in [1.807, 2.05) is 0 Å². The summed E-state index contributed by atoms with van der Waals surface area (Å²) in [6, 6.07) is 0. The van der Waals surface area contributed by atoms with Crippen LogP contribution in [0.15, 0.2) is 0 Å². The van der Waals surface area contributed by atoms with Crippen molar-refractivity contribution in [3.05, 3.63) is 0 Å². The van der Waals surface area contributed by atoms with E-state index in [1.54, 1.807) is 0 Å². The summed E-state index contributed by atoms with van der Waals surface area (Å²) in [5.41, 5.74) is 0.210. The second kappa shape index (κ2) is 3.94. The monoisotopic (exact) mass is 254 g/mol. The molecule has 0 N–H and O–H groups in total. The molecule has 0 amide bonds. The molecule has 2 heterocycles. The minimum absolute atomic E-state index is 0.0782. The second-order valence-corrected chi connectivity index (χ2v) is 7.19. The number of hydrogen-bond acceptors (Lipinski definition) is 3. The molecule has 3 heteroatoms. The Morgan fingerprint density at radius 3 is 2.28 bits per heavy atom.